The minimum absolute atomic E-state index is 0. The van der Waals surface area contributed by atoms with Crippen molar-refractivity contribution < 1.29 is 57.8 Å². The standard InChI is InChI=1S/C17H23N8O7P.Na/c1-9(26)20-5-10-11(6-31-33(28,29)24-4-3-19-7-24)32-16(13(10)30-2)25-8-21-12-14(25)22-17(18)23-15(12)27;/h3-4,7-8,10-11,13,16H,5-6H2,1-2H3,(H,20,26)(H,28,29)(H3,18,22,23,27);/q;+1/p-1/t10-,11-,13-,16-;/m1./s1. The van der Waals surface area contributed by atoms with Gasteiger partial charge in [0.1, 0.15) is 12.4 Å². The van der Waals surface area contributed by atoms with Crippen LogP contribution in [0.5, 0.6) is 0 Å². The van der Waals surface area contributed by atoms with E-state index >= 15 is 0 Å². The van der Waals surface area contributed by atoms with E-state index in [9.17, 15) is 19.0 Å². The van der Waals surface area contributed by atoms with Gasteiger partial charge in [-0.05, 0) is 0 Å². The molecular weight excluding hydrogens is 482 g/mol. The number of carbonyl (C=O) groups excluding carboxylic acids is 1. The number of aromatic amines is 1. The fourth-order valence-electron chi connectivity index (χ4n) is 3.73. The van der Waals surface area contributed by atoms with Crippen LogP contribution in [-0.2, 0) is 23.4 Å². The maximum atomic E-state index is 12.4. The number of anilines is 1. The van der Waals surface area contributed by atoms with Gasteiger partial charge in [-0.15, -0.1) is 0 Å². The van der Waals surface area contributed by atoms with Crippen LogP contribution in [0.4, 0.5) is 5.95 Å². The summed E-state index contributed by atoms with van der Waals surface area (Å²) in [5, 5.41) is 2.70. The van der Waals surface area contributed by atoms with E-state index in [1.807, 2.05) is 0 Å². The van der Waals surface area contributed by atoms with Gasteiger partial charge in [0.05, 0.1) is 19.0 Å². The Morgan fingerprint density at radius 3 is 2.85 bits per heavy atom. The summed E-state index contributed by atoms with van der Waals surface area (Å²) in [7, 11) is -3.02. The van der Waals surface area contributed by atoms with Crippen LogP contribution in [0.1, 0.15) is 13.2 Å². The summed E-state index contributed by atoms with van der Waals surface area (Å²) in [4.78, 5) is 50.4. The number of methoxy groups -OCH3 is 1. The van der Waals surface area contributed by atoms with Gasteiger partial charge in [-0.3, -0.25) is 28.0 Å². The van der Waals surface area contributed by atoms with Crippen molar-refractivity contribution in [3.05, 3.63) is 35.4 Å². The van der Waals surface area contributed by atoms with Crippen LogP contribution in [0, 0.1) is 5.92 Å². The zero-order valence-corrected chi connectivity index (χ0v) is 21.5. The number of nitrogens with two attached hydrogens (primary N) is 1. The molecule has 17 heteroatoms. The van der Waals surface area contributed by atoms with Crippen molar-refractivity contribution in [1.29, 1.82) is 0 Å². The quantitative estimate of drug-likeness (QED) is 0.197. The molecule has 3 aromatic rings. The number of imidazole rings is 2. The first-order valence-corrected chi connectivity index (χ1v) is 11.3. The molecule has 1 aliphatic rings. The topological polar surface area (TPSA) is 204 Å². The number of H-pyrrole nitrogens is 1. The average molecular weight is 504 g/mol. The Labute approximate surface area is 214 Å². The molecule has 1 amide bonds. The molecule has 1 aliphatic heterocycles. The van der Waals surface area contributed by atoms with Gasteiger partial charge in [0.2, 0.25) is 19.6 Å². The van der Waals surface area contributed by atoms with Gasteiger partial charge in [-0.25, -0.2) is 9.97 Å². The predicted octanol–water partition coefficient (Wildman–Crippen LogP) is -4.40. The van der Waals surface area contributed by atoms with Crippen LogP contribution >= 0.6 is 7.75 Å². The summed E-state index contributed by atoms with van der Waals surface area (Å²) in [5.41, 5.74) is 5.36. The number of nitrogens with one attached hydrogen (secondary N) is 2. The molecule has 4 heterocycles. The molecule has 1 fully saturated rings. The van der Waals surface area contributed by atoms with Crippen molar-refractivity contribution in [2.75, 3.05) is 26.0 Å². The molecule has 178 valence electrons. The largest absolute Gasteiger partial charge is 1.00 e. The first kappa shape index (κ1) is 26.5. The van der Waals surface area contributed by atoms with E-state index in [2.05, 4.69) is 25.3 Å². The maximum absolute atomic E-state index is 12.4. The number of rotatable bonds is 8. The number of nitrogens with zero attached hydrogens (tertiary/aromatic N) is 5. The van der Waals surface area contributed by atoms with Crippen molar-refractivity contribution in [2.45, 2.75) is 25.4 Å². The van der Waals surface area contributed by atoms with Gasteiger partial charge < -0.3 is 29.9 Å². The number of hydrogen-bond acceptors (Lipinski definition) is 11. The molecule has 5 atom stereocenters. The summed E-state index contributed by atoms with van der Waals surface area (Å²) >= 11 is 0. The molecule has 15 nitrogen and oxygen atoms in total. The number of nitrogen functional groups attached to an aromatic ring is 1. The fourth-order valence-corrected chi connectivity index (χ4v) is 4.61. The van der Waals surface area contributed by atoms with E-state index < -0.39 is 37.7 Å². The third-order valence-corrected chi connectivity index (χ3v) is 6.53. The van der Waals surface area contributed by atoms with E-state index in [1.165, 1.54) is 37.3 Å². The molecule has 3 aromatic heterocycles. The van der Waals surface area contributed by atoms with Gasteiger partial charge in [-0.1, -0.05) is 0 Å². The summed E-state index contributed by atoms with van der Waals surface area (Å²) in [6, 6.07) is 0. The predicted molar refractivity (Wildman–Crippen MR) is 111 cm³/mol. The van der Waals surface area contributed by atoms with Crippen LogP contribution in [0.15, 0.2) is 29.8 Å². The van der Waals surface area contributed by atoms with E-state index in [0.29, 0.717) is 0 Å². The number of aromatic nitrogens is 6. The molecule has 4 rings (SSSR count). The van der Waals surface area contributed by atoms with Crippen molar-refractivity contribution >= 4 is 30.8 Å². The first-order valence-electron chi connectivity index (χ1n) is 9.80. The van der Waals surface area contributed by atoms with Crippen LogP contribution in [0.3, 0.4) is 0 Å². The third kappa shape index (κ3) is 5.26. The summed E-state index contributed by atoms with van der Waals surface area (Å²) in [5.74, 6) is -0.901. The first-order chi connectivity index (χ1) is 15.7. The molecule has 0 bridgehead atoms. The fraction of sp³-hybridized carbons (Fsp3) is 0.471. The Balaban J connectivity index is 0.00000324. The molecule has 0 saturated carbocycles. The second kappa shape index (κ2) is 10.7. The molecule has 0 spiro atoms. The number of amides is 1. The molecule has 4 N–H and O–H groups in total. The van der Waals surface area contributed by atoms with Gasteiger partial charge in [0, 0.05) is 38.9 Å². The van der Waals surface area contributed by atoms with Gasteiger partial charge >= 0.3 is 29.6 Å². The van der Waals surface area contributed by atoms with Crippen LogP contribution in [0.2, 0.25) is 0 Å². The van der Waals surface area contributed by atoms with Crippen molar-refractivity contribution in [1.82, 2.24) is 34.2 Å². The van der Waals surface area contributed by atoms with Gasteiger partial charge in [0.25, 0.3) is 5.56 Å². The van der Waals surface area contributed by atoms with Crippen LogP contribution in [-0.4, -0.2) is 67.2 Å². The molecule has 34 heavy (non-hydrogen) atoms. The Morgan fingerprint density at radius 2 is 2.21 bits per heavy atom. The second-order valence-electron chi connectivity index (χ2n) is 7.35. The average Bonchev–Trinajstić information content (AvgIpc) is 3.48. The number of hydrogen-bond donors (Lipinski definition) is 3. The van der Waals surface area contributed by atoms with E-state index in [1.54, 1.807) is 0 Å². The number of ether oxygens (including phenoxy) is 2. The molecule has 0 aromatic carbocycles. The van der Waals surface area contributed by atoms with E-state index in [4.69, 9.17) is 19.7 Å². The smallest absolute Gasteiger partial charge is 0.761 e. The number of fused-ring (bicyclic) bond motifs is 1. The van der Waals surface area contributed by atoms with Crippen molar-refractivity contribution in [3.63, 3.8) is 0 Å². The van der Waals surface area contributed by atoms with Crippen molar-refractivity contribution in [3.8, 4) is 0 Å². The zero-order valence-electron chi connectivity index (χ0n) is 18.7. The van der Waals surface area contributed by atoms with Crippen molar-refractivity contribution in [2.24, 2.45) is 5.92 Å². The molecule has 1 saturated heterocycles. The Bertz CT molecular complexity index is 1250. The number of carbonyl (C=O) groups is 1. The summed E-state index contributed by atoms with van der Waals surface area (Å²) in [6.45, 7) is 1.12. The normalized spacial score (nSPS) is 24.0. The maximum Gasteiger partial charge on any atom is 1.00 e. The monoisotopic (exact) mass is 504 g/mol. The molecule has 0 aliphatic carbocycles. The Kier molecular flexibility index (Phi) is 8.31. The molecule has 1 unspecified atom stereocenters. The summed E-state index contributed by atoms with van der Waals surface area (Å²) in [6.07, 6.45) is 2.65. The van der Waals surface area contributed by atoms with Crippen LogP contribution in [0.25, 0.3) is 11.2 Å². The van der Waals surface area contributed by atoms with Crippen LogP contribution < -0.4 is 51.1 Å². The van der Waals surface area contributed by atoms with E-state index in [-0.39, 0.29) is 65.7 Å². The zero-order chi connectivity index (χ0) is 23.8. The van der Waals surface area contributed by atoms with Gasteiger partial charge in [-0.2, -0.15) is 4.98 Å². The molecular formula is C17H22N8NaO7P. The SMILES string of the molecule is CO[C@@H]1[C@H](CNC(C)=O)[C@@H](COP(=O)([O-])n2ccnc2)O[C@H]1n1cnc2c(=O)[nH]c(N)nc21.[Na+]. The second-order valence-corrected chi connectivity index (χ2v) is 9.01. The minimum atomic E-state index is -4.47. The Morgan fingerprint density at radius 1 is 1.44 bits per heavy atom. The Hall–Kier alpha value is -2.10. The van der Waals surface area contributed by atoms with E-state index in [0.717, 1.165) is 10.7 Å². The third-order valence-electron chi connectivity index (χ3n) is 5.25. The molecule has 0 radical (unpaired) electrons. The summed E-state index contributed by atoms with van der Waals surface area (Å²) < 4.78 is 31.7. The minimum Gasteiger partial charge on any atom is -0.761 e. The van der Waals surface area contributed by atoms with Gasteiger partial charge in [0.15, 0.2) is 17.4 Å².